The molecule has 1 aliphatic rings. The van der Waals surface area contributed by atoms with E-state index >= 15 is 0 Å². The molecule has 0 bridgehead atoms. The van der Waals surface area contributed by atoms with Gasteiger partial charge in [-0.2, -0.15) is 0 Å². The van der Waals surface area contributed by atoms with E-state index in [1.807, 2.05) is 49.9 Å². The van der Waals surface area contributed by atoms with Gasteiger partial charge in [0.15, 0.2) is 0 Å². The lowest BCUT2D eigenvalue weighted by Gasteiger charge is -2.36. The summed E-state index contributed by atoms with van der Waals surface area (Å²) >= 11 is 0. The number of urea groups is 1. The first-order chi connectivity index (χ1) is 13.5. The van der Waals surface area contributed by atoms with E-state index in [1.165, 1.54) is 0 Å². The van der Waals surface area contributed by atoms with Crippen LogP contribution in [0.4, 0.5) is 10.6 Å². The third-order valence-corrected chi connectivity index (χ3v) is 5.08. The van der Waals surface area contributed by atoms with Crippen LogP contribution in [-0.2, 0) is 0 Å². The zero-order valence-electron chi connectivity index (χ0n) is 16.4. The molecule has 0 spiro atoms. The van der Waals surface area contributed by atoms with E-state index in [-0.39, 0.29) is 12.1 Å². The van der Waals surface area contributed by atoms with E-state index in [4.69, 9.17) is 0 Å². The highest BCUT2D eigenvalue weighted by Gasteiger charge is 2.24. The van der Waals surface area contributed by atoms with Crippen molar-refractivity contribution in [1.29, 1.82) is 0 Å². The summed E-state index contributed by atoms with van der Waals surface area (Å²) in [5, 5.41) is 3.05. The van der Waals surface area contributed by atoms with Crippen LogP contribution in [-0.4, -0.2) is 57.0 Å². The number of fused-ring (bicyclic) bond motifs is 1. The van der Waals surface area contributed by atoms with Gasteiger partial charge in [0.25, 0.3) is 0 Å². The fraction of sp³-hybridized carbons (Fsp3) is 0.400. The number of carbonyl (C=O) groups excluding carboxylic acids is 1. The number of benzene rings is 1. The Morgan fingerprint density at radius 1 is 1.14 bits per heavy atom. The summed E-state index contributed by atoms with van der Waals surface area (Å²) in [7, 11) is 0. The number of nitrogens with one attached hydrogen (secondary N) is 2. The van der Waals surface area contributed by atoms with E-state index in [9.17, 15) is 4.79 Å². The number of aromatic amines is 1. The van der Waals surface area contributed by atoms with Crippen LogP contribution in [0, 0.1) is 13.8 Å². The maximum absolute atomic E-state index is 12.7. The number of piperazine rings is 1. The van der Waals surface area contributed by atoms with Gasteiger partial charge in [0.1, 0.15) is 11.6 Å². The Bertz CT molecular complexity index is 958. The van der Waals surface area contributed by atoms with Crippen molar-refractivity contribution < 1.29 is 4.79 Å². The molecule has 1 aromatic carbocycles. The van der Waals surface area contributed by atoms with Gasteiger partial charge >= 0.3 is 6.03 Å². The quantitative estimate of drug-likeness (QED) is 0.730. The standard InChI is InChI=1S/C20H25N7O/c1-13-12-21-15(3)19(22-13)26-8-10-27(11-9-26)20(28)23-14(2)18-24-16-6-4-5-7-17(16)25-18/h4-7,12,14H,8-11H2,1-3H3,(H,23,28)(H,24,25). The Hall–Kier alpha value is -3.16. The first-order valence-corrected chi connectivity index (χ1v) is 9.56. The summed E-state index contributed by atoms with van der Waals surface area (Å²) in [6.45, 7) is 8.63. The summed E-state index contributed by atoms with van der Waals surface area (Å²) in [4.78, 5) is 33.6. The molecular weight excluding hydrogens is 354 g/mol. The SMILES string of the molecule is Cc1cnc(C)c(N2CCN(C(=O)NC(C)c3nc4ccccc4[nH]3)CC2)n1. The Morgan fingerprint density at radius 2 is 1.89 bits per heavy atom. The zero-order valence-corrected chi connectivity index (χ0v) is 16.4. The molecule has 3 heterocycles. The molecule has 1 atom stereocenters. The largest absolute Gasteiger partial charge is 0.352 e. The van der Waals surface area contributed by atoms with Gasteiger partial charge in [0, 0.05) is 32.4 Å². The molecule has 1 saturated heterocycles. The molecular formula is C20H25N7O. The van der Waals surface area contributed by atoms with Crippen LogP contribution in [0.2, 0.25) is 0 Å². The van der Waals surface area contributed by atoms with Gasteiger partial charge in [0.2, 0.25) is 0 Å². The number of rotatable bonds is 3. The molecule has 28 heavy (non-hydrogen) atoms. The maximum Gasteiger partial charge on any atom is 0.318 e. The number of para-hydroxylation sites is 2. The third-order valence-electron chi connectivity index (χ3n) is 5.08. The van der Waals surface area contributed by atoms with Crippen molar-refractivity contribution in [3.8, 4) is 0 Å². The minimum absolute atomic E-state index is 0.0698. The summed E-state index contributed by atoms with van der Waals surface area (Å²) in [6, 6.07) is 7.60. The molecule has 2 N–H and O–H groups in total. The van der Waals surface area contributed by atoms with E-state index in [2.05, 4.69) is 30.2 Å². The lowest BCUT2D eigenvalue weighted by Crippen LogP contribution is -2.52. The summed E-state index contributed by atoms with van der Waals surface area (Å²) < 4.78 is 0. The number of aromatic nitrogens is 4. The van der Waals surface area contributed by atoms with Crippen LogP contribution in [0.3, 0.4) is 0 Å². The van der Waals surface area contributed by atoms with Gasteiger partial charge in [-0.1, -0.05) is 12.1 Å². The fourth-order valence-corrected chi connectivity index (χ4v) is 3.47. The van der Waals surface area contributed by atoms with Gasteiger partial charge in [-0.15, -0.1) is 0 Å². The zero-order chi connectivity index (χ0) is 19.7. The third kappa shape index (κ3) is 3.62. The highest BCUT2D eigenvalue weighted by atomic mass is 16.2. The molecule has 8 nitrogen and oxygen atoms in total. The number of hydrogen-bond acceptors (Lipinski definition) is 5. The number of amides is 2. The van der Waals surface area contributed by atoms with Gasteiger partial charge in [0.05, 0.1) is 28.5 Å². The first-order valence-electron chi connectivity index (χ1n) is 9.56. The maximum atomic E-state index is 12.7. The smallest absolute Gasteiger partial charge is 0.318 e. The van der Waals surface area contributed by atoms with E-state index in [1.54, 1.807) is 6.20 Å². The lowest BCUT2D eigenvalue weighted by atomic mass is 10.3. The monoisotopic (exact) mass is 379 g/mol. The lowest BCUT2D eigenvalue weighted by molar-refractivity contribution is 0.190. The number of aryl methyl sites for hydroxylation is 2. The first kappa shape index (κ1) is 18.2. The predicted molar refractivity (Wildman–Crippen MR) is 108 cm³/mol. The molecule has 1 aliphatic heterocycles. The Kier molecular flexibility index (Phi) is 4.85. The molecule has 146 valence electrons. The van der Waals surface area contributed by atoms with Crippen molar-refractivity contribution in [1.82, 2.24) is 30.2 Å². The normalized spacial score (nSPS) is 15.7. The second kappa shape index (κ2) is 7.46. The Morgan fingerprint density at radius 3 is 2.64 bits per heavy atom. The van der Waals surface area contributed by atoms with Gasteiger partial charge in [-0.25, -0.2) is 14.8 Å². The summed E-state index contributed by atoms with van der Waals surface area (Å²) in [5.74, 6) is 1.68. The highest BCUT2D eigenvalue weighted by Crippen LogP contribution is 2.19. The second-order valence-electron chi connectivity index (χ2n) is 7.20. The van der Waals surface area contributed by atoms with Crippen LogP contribution in [0.25, 0.3) is 11.0 Å². The number of hydrogen-bond donors (Lipinski definition) is 2. The van der Waals surface area contributed by atoms with Crippen LogP contribution in [0.15, 0.2) is 30.5 Å². The van der Waals surface area contributed by atoms with Crippen molar-refractivity contribution in [2.45, 2.75) is 26.8 Å². The number of imidazole rings is 1. The molecule has 0 radical (unpaired) electrons. The average molecular weight is 379 g/mol. The summed E-state index contributed by atoms with van der Waals surface area (Å²) in [6.07, 6.45) is 1.78. The molecule has 8 heteroatoms. The minimum Gasteiger partial charge on any atom is -0.352 e. The van der Waals surface area contributed by atoms with Crippen molar-refractivity contribution in [3.05, 3.63) is 47.7 Å². The molecule has 0 saturated carbocycles. The van der Waals surface area contributed by atoms with Gasteiger partial charge in [-0.05, 0) is 32.9 Å². The second-order valence-corrected chi connectivity index (χ2v) is 7.20. The van der Waals surface area contributed by atoms with E-state index < -0.39 is 0 Å². The van der Waals surface area contributed by atoms with Crippen molar-refractivity contribution in [2.75, 3.05) is 31.1 Å². The molecule has 1 unspecified atom stereocenters. The fourth-order valence-electron chi connectivity index (χ4n) is 3.47. The molecule has 2 amide bonds. The molecule has 3 aromatic rings. The number of carbonyl (C=O) groups is 1. The Balaban J connectivity index is 1.36. The van der Waals surface area contributed by atoms with Crippen LogP contribution < -0.4 is 10.2 Å². The average Bonchev–Trinajstić information content (AvgIpc) is 3.14. The van der Waals surface area contributed by atoms with E-state index in [0.717, 1.165) is 47.2 Å². The Labute approximate surface area is 164 Å². The molecule has 2 aromatic heterocycles. The van der Waals surface area contributed by atoms with Crippen molar-refractivity contribution in [2.24, 2.45) is 0 Å². The number of H-pyrrole nitrogens is 1. The van der Waals surface area contributed by atoms with Crippen molar-refractivity contribution in [3.63, 3.8) is 0 Å². The topological polar surface area (TPSA) is 90.0 Å². The van der Waals surface area contributed by atoms with E-state index in [0.29, 0.717) is 13.1 Å². The van der Waals surface area contributed by atoms with Gasteiger partial charge in [-0.3, -0.25) is 4.98 Å². The molecule has 4 rings (SSSR count). The number of nitrogens with zero attached hydrogens (tertiary/aromatic N) is 5. The van der Waals surface area contributed by atoms with Crippen LogP contribution >= 0.6 is 0 Å². The van der Waals surface area contributed by atoms with Gasteiger partial charge < -0.3 is 20.1 Å². The molecule has 1 fully saturated rings. The summed E-state index contributed by atoms with van der Waals surface area (Å²) in [5.41, 5.74) is 3.70. The predicted octanol–water partition coefficient (Wildman–Crippen LogP) is 2.56. The molecule has 0 aliphatic carbocycles. The number of anilines is 1. The highest BCUT2D eigenvalue weighted by molar-refractivity contribution is 5.76. The van der Waals surface area contributed by atoms with Crippen molar-refractivity contribution >= 4 is 22.9 Å². The van der Waals surface area contributed by atoms with Crippen LogP contribution in [0.5, 0.6) is 0 Å². The van der Waals surface area contributed by atoms with Crippen LogP contribution in [0.1, 0.15) is 30.2 Å². The minimum atomic E-state index is -0.192.